The van der Waals surface area contributed by atoms with Crippen molar-refractivity contribution in [1.82, 2.24) is 0 Å². The molecule has 2 atom stereocenters. The first-order chi connectivity index (χ1) is 9.27. The van der Waals surface area contributed by atoms with Gasteiger partial charge in [0.2, 0.25) is 0 Å². The summed E-state index contributed by atoms with van der Waals surface area (Å²) in [4.78, 5) is 2.14. The zero-order valence-electron chi connectivity index (χ0n) is 11.3. The van der Waals surface area contributed by atoms with Gasteiger partial charge in [0.25, 0.3) is 0 Å². The van der Waals surface area contributed by atoms with Crippen LogP contribution in [-0.4, -0.2) is 13.1 Å². The molecule has 19 heavy (non-hydrogen) atoms. The third-order valence-corrected chi connectivity index (χ3v) is 4.05. The van der Waals surface area contributed by atoms with E-state index in [0.29, 0.717) is 5.56 Å². The standard InChI is InChI=1S/C16H19N3/c1-19(16-10-6-5-8-14(16)12-18)15-9-4-2-3-7-13(15)11-17/h5-6,8,10,13,15H,2-4,7,9H2,1H3. The molecular weight excluding hydrogens is 234 g/mol. The highest BCUT2D eigenvalue weighted by Crippen LogP contribution is 2.30. The van der Waals surface area contributed by atoms with E-state index in [9.17, 15) is 10.5 Å². The summed E-state index contributed by atoms with van der Waals surface area (Å²) < 4.78 is 0. The van der Waals surface area contributed by atoms with Crippen LogP contribution < -0.4 is 4.90 Å². The second-order valence-corrected chi connectivity index (χ2v) is 5.18. The van der Waals surface area contributed by atoms with E-state index >= 15 is 0 Å². The number of hydrogen-bond acceptors (Lipinski definition) is 3. The van der Waals surface area contributed by atoms with Gasteiger partial charge in [-0.1, -0.05) is 31.4 Å². The molecule has 2 rings (SSSR count). The Labute approximate surface area is 115 Å². The van der Waals surface area contributed by atoms with Gasteiger partial charge < -0.3 is 4.90 Å². The van der Waals surface area contributed by atoms with Crippen LogP contribution in [0.1, 0.15) is 37.7 Å². The highest BCUT2D eigenvalue weighted by molar-refractivity contribution is 5.59. The van der Waals surface area contributed by atoms with Gasteiger partial charge in [0, 0.05) is 13.1 Å². The molecule has 1 saturated carbocycles. The summed E-state index contributed by atoms with van der Waals surface area (Å²) in [5.41, 5.74) is 1.63. The Bertz CT molecular complexity index is 509. The Kier molecular flexibility index (Phi) is 4.42. The average Bonchev–Trinajstić information content (AvgIpc) is 2.71. The molecule has 1 fully saturated rings. The molecule has 2 unspecified atom stereocenters. The van der Waals surface area contributed by atoms with Crippen molar-refractivity contribution in [1.29, 1.82) is 10.5 Å². The molecule has 1 aliphatic carbocycles. The Balaban J connectivity index is 2.29. The number of anilines is 1. The summed E-state index contributed by atoms with van der Waals surface area (Å²) in [5.74, 6) is 0.0687. The molecule has 0 saturated heterocycles. The van der Waals surface area contributed by atoms with E-state index in [1.54, 1.807) is 0 Å². The topological polar surface area (TPSA) is 50.8 Å². The smallest absolute Gasteiger partial charge is 0.101 e. The lowest BCUT2D eigenvalue weighted by Gasteiger charge is -2.32. The maximum absolute atomic E-state index is 9.37. The fraction of sp³-hybridized carbons (Fsp3) is 0.500. The largest absolute Gasteiger partial charge is 0.369 e. The number of benzene rings is 1. The zero-order valence-corrected chi connectivity index (χ0v) is 11.3. The monoisotopic (exact) mass is 253 g/mol. The fourth-order valence-electron chi connectivity index (χ4n) is 2.96. The maximum atomic E-state index is 9.37. The van der Waals surface area contributed by atoms with Crippen LogP contribution in [-0.2, 0) is 0 Å². The molecule has 0 bridgehead atoms. The van der Waals surface area contributed by atoms with Crippen LogP contribution in [0.15, 0.2) is 24.3 Å². The molecule has 0 amide bonds. The van der Waals surface area contributed by atoms with E-state index in [2.05, 4.69) is 17.0 Å². The van der Waals surface area contributed by atoms with Gasteiger partial charge in [-0.2, -0.15) is 10.5 Å². The third kappa shape index (κ3) is 2.88. The van der Waals surface area contributed by atoms with Crippen LogP contribution in [0.3, 0.4) is 0 Å². The van der Waals surface area contributed by atoms with Gasteiger partial charge in [-0.15, -0.1) is 0 Å². The van der Waals surface area contributed by atoms with Crippen molar-refractivity contribution < 1.29 is 0 Å². The van der Waals surface area contributed by atoms with Crippen LogP contribution in [0.25, 0.3) is 0 Å². The fourth-order valence-corrected chi connectivity index (χ4v) is 2.96. The first-order valence-electron chi connectivity index (χ1n) is 6.89. The second-order valence-electron chi connectivity index (χ2n) is 5.18. The van der Waals surface area contributed by atoms with Crippen molar-refractivity contribution >= 4 is 5.69 Å². The van der Waals surface area contributed by atoms with Gasteiger partial charge in [-0.25, -0.2) is 0 Å². The lowest BCUT2D eigenvalue weighted by Crippen LogP contribution is -2.37. The number of nitriles is 2. The van der Waals surface area contributed by atoms with E-state index in [-0.39, 0.29) is 12.0 Å². The minimum absolute atomic E-state index is 0.0687. The van der Waals surface area contributed by atoms with Crippen molar-refractivity contribution in [2.24, 2.45) is 5.92 Å². The molecule has 1 aromatic rings. The summed E-state index contributed by atoms with van der Waals surface area (Å²) in [6.07, 6.45) is 5.53. The van der Waals surface area contributed by atoms with E-state index < -0.39 is 0 Å². The highest BCUT2D eigenvalue weighted by Gasteiger charge is 2.28. The Hall–Kier alpha value is -2.00. The summed E-state index contributed by atoms with van der Waals surface area (Å²) in [5, 5.41) is 18.6. The maximum Gasteiger partial charge on any atom is 0.101 e. The van der Waals surface area contributed by atoms with Gasteiger partial charge in [-0.3, -0.25) is 0 Å². The molecule has 1 aromatic carbocycles. The lowest BCUT2D eigenvalue weighted by molar-refractivity contribution is 0.465. The van der Waals surface area contributed by atoms with Gasteiger partial charge in [0.05, 0.1) is 23.2 Å². The van der Waals surface area contributed by atoms with Crippen molar-refractivity contribution in [2.75, 3.05) is 11.9 Å². The first kappa shape index (κ1) is 13.4. The third-order valence-electron chi connectivity index (χ3n) is 4.05. The lowest BCUT2D eigenvalue weighted by atomic mass is 9.94. The number of rotatable bonds is 2. The summed E-state index contributed by atoms with van der Waals surface area (Å²) >= 11 is 0. The predicted molar refractivity (Wildman–Crippen MR) is 75.5 cm³/mol. The molecule has 0 aromatic heterocycles. The molecule has 0 heterocycles. The normalized spacial score (nSPS) is 22.9. The Morgan fingerprint density at radius 2 is 1.84 bits per heavy atom. The molecule has 1 aliphatic rings. The van der Waals surface area contributed by atoms with E-state index in [0.717, 1.165) is 24.9 Å². The van der Waals surface area contributed by atoms with E-state index in [4.69, 9.17) is 0 Å². The van der Waals surface area contributed by atoms with Gasteiger partial charge >= 0.3 is 0 Å². The number of para-hydroxylation sites is 1. The molecule has 0 radical (unpaired) electrons. The Morgan fingerprint density at radius 1 is 1.11 bits per heavy atom. The van der Waals surface area contributed by atoms with Crippen LogP contribution in [0, 0.1) is 28.6 Å². The van der Waals surface area contributed by atoms with Crippen molar-refractivity contribution in [2.45, 2.75) is 38.1 Å². The summed E-state index contributed by atoms with van der Waals surface area (Å²) in [7, 11) is 2.01. The summed E-state index contributed by atoms with van der Waals surface area (Å²) in [6, 6.07) is 12.6. The number of nitrogens with zero attached hydrogens (tertiary/aromatic N) is 3. The second kappa shape index (κ2) is 6.25. The van der Waals surface area contributed by atoms with Gasteiger partial charge in [0.1, 0.15) is 6.07 Å². The van der Waals surface area contributed by atoms with Crippen LogP contribution in [0.2, 0.25) is 0 Å². The van der Waals surface area contributed by atoms with E-state index in [1.807, 2.05) is 31.3 Å². The minimum Gasteiger partial charge on any atom is -0.369 e. The number of hydrogen-bond donors (Lipinski definition) is 0. The van der Waals surface area contributed by atoms with Crippen molar-refractivity contribution in [3.05, 3.63) is 29.8 Å². The zero-order chi connectivity index (χ0) is 13.7. The van der Waals surface area contributed by atoms with Crippen LogP contribution in [0.4, 0.5) is 5.69 Å². The summed E-state index contributed by atoms with van der Waals surface area (Å²) in [6.45, 7) is 0. The van der Waals surface area contributed by atoms with Crippen molar-refractivity contribution in [3.63, 3.8) is 0 Å². The highest BCUT2D eigenvalue weighted by atomic mass is 15.1. The van der Waals surface area contributed by atoms with Crippen LogP contribution >= 0.6 is 0 Å². The minimum atomic E-state index is 0.0687. The molecule has 3 nitrogen and oxygen atoms in total. The Morgan fingerprint density at radius 3 is 2.58 bits per heavy atom. The predicted octanol–water partition coefficient (Wildman–Crippen LogP) is 3.47. The average molecular weight is 253 g/mol. The molecular formula is C16H19N3. The molecule has 0 N–H and O–H groups in total. The molecule has 0 spiro atoms. The van der Waals surface area contributed by atoms with E-state index in [1.165, 1.54) is 12.8 Å². The quantitative estimate of drug-likeness (QED) is 0.758. The van der Waals surface area contributed by atoms with Crippen LogP contribution in [0.5, 0.6) is 0 Å². The molecule has 98 valence electrons. The molecule has 0 aliphatic heterocycles. The first-order valence-corrected chi connectivity index (χ1v) is 6.89. The SMILES string of the molecule is CN(c1ccccc1C#N)C1CCCCCC1C#N. The van der Waals surface area contributed by atoms with Crippen molar-refractivity contribution in [3.8, 4) is 12.1 Å². The van der Waals surface area contributed by atoms with Gasteiger partial charge in [-0.05, 0) is 25.0 Å². The van der Waals surface area contributed by atoms with Gasteiger partial charge in [0.15, 0.2) is 0 Å². The molecule has 3 heteroatoms.